The second kappa shape index (κ2) is 4.93. The van der Waals surface area contributed by atoms with E-state index in [0.29, 0.717) is 11.2 Å². The van der Waals surface area contributed by atoms with Gasteiger partial charge in [0.05, 0.1) is 17.5 Å². The second-order valence-corrected chi connectivity index (χ2v) is 4.13. The molecule has 0 unspecified atom stereocenters. The van der Waals surface area contributed by atoms with Crippen molar-refractivity contribution >= 4 is 22.5 Å². The molecule has 1 amide bonds. The molecule has 0 radical (unpaired) electrons. The molecule has 2 aromatic heterocycles. The van der Waals surface area contributed by atoms with Crippen LogP contribution in [0.3, 0.4) is 0 Å². The summed E-state index contributed by atoms with van der Waals surface area (Å²) in [5.74, 6) is -0.516. The van der Waals surface area contributed by atoms with Crippen LogP contribution in [-0.4, -0.2) is 20.9 Å². The fraction of sp³-hybridized carbons (Fsp3) is 0. The number of amides is 1. The summed E-state index contributed by atoms with van der Waals surface area (Å²) in [6.45, 7) is 0. The largest absolute Gasteiger partial charge is 0.320 e. The molecular weight excluding hydrogens is 256 g/mol. The minimum atomic E-state index is -0.516. The molecule has 20 heavy (non-hydrogen) atoms. The Labute approximate surface area is 113 Å². The quantitative estimate of drug-likeness (QED) is 0.737. The number of pyridine rings is 1. The van der Waals surface area contributed by atoms with Gasteiger partial charge in [0, 0.05) is 17.8 Å². The molecule has 1 aromatic carbocycles. The summed E-state index contributed by atoms with van der Waals surface area (Å²) < 4.78 is 0. The molecule has 2 N–H and O–H groups in total. The molecule has 6 nitrogen and oxygen atoms in total. The molecular formula is C14H10N4O2. The predicted octanol–water partition coefficient (Wildman–Crippen LogP) is 1.57. The van der Waals surface area contributed by atoms with Crippen LogP contribution in [0.4, 0.5) is 5.69 Å². The third-order valence-corrected chi connectivity index (χ3v) is 2.84. The topological polar surface area (TPSA) is 87.7 Å². The number of anilines is 1. The third-order valence-electron chi connectivity index (χ3n) is 2.84. The fourth-order valence-electron chi connectivity index (χ4n) is 1.90. The lowest BCUT2D eigenvalue weighted by Gasteiger charge is -2.07. The van der Waals surface area contributed by atoms with Crippen LogP contribution >= 0.6 is 0 Å². The molecule has 0 aliphatic heterocycles. The number of H-pyrrole nitrogens is 1. The van der Waals surface area contributed by atoms with Gasteiger partial charge < -0.3 is 10.3 Å². The van der Waals surface area contributed by atoms with Crippen LogP contribution in [0.2, 0.25) is 0 Å². The SMILES string of the molecule is O=C(Nc1cccc2cccnc12)c1cnc[nH]c1=O. The number of fused-ring (bicyclic) bond motifs is 1. The van der Waals surface area contributed by atoms with Gasteiger partial charge in [-0.3, -0.25) is 14.6 Å². The number of nitrogens with zero attached hydrogens (tertiary/aromatic N) is 2. The van der Waals surface area contributed by atoms with Gasteiger partial charge in [-0.1, -0.05) is 18.2 Å². The molecule has 3 aromatic rings. The van der Waals surface area contributed by atoms with Crippen LogP contribution in [0, 0.1) is 0 Å². The first-order chi connectivity index (χ1) is 9.75. The summed E-state index contributed by atoms with van der Waals surface area (Å²) in [6.07, 6.45) is 4.11. The lowest BCUT2D eigenvalue weighted by molar-refractivity contribution is 0.102. The fourth-order valence-corrected chi connectivity index (χ4v) is 1.90. The van der Waals surface area contributed by atoms with Crippen molar-refractivity contribution in [3.8, 4) is 0 Å². The van der Waals surface area contributed by atoms with Gasteiger partial charge in [-0.2, -0.15) is 0 Å². The van der Waals surface area contributed by atoms with Crippen LogP contribution in [0.25, 0.3) is 10.9 Å². The highest BCUT2D eigenvalue weighted by molar-refractivity contribution is 6.07. The van der Waals surface area contributed by atoms with Gasteiger partial charge >= 0.3 is 0 Å². The summed E-state index contributed by atoms with van der Waals surface area (Å²) in [6, 6.07) is 9.16. The average molecular weight is 266 g/mol. The molecule has 0 fully saturated rings. The van der Waals surface area contributed by atoms with Crippen molar-refractivity contribution in [1.29, 1.82) is 0 Å². The predicted molar refractivity (Wildman–Crippen MR) is 74.6 cm³/mol. The molecule has 0 saturated carbocycles. The molecule has 6 heteroatoms. The molecule has 0 atom stereocenters. The van der Waals surface area contributed by atoms with Crippen LogP contribution in [0.1, 0.15) is 10.4 Å². The maximum atomic E-state index is 12.1. The van der Waals surface area contributed by atoms with Gasteiger partial charge in [0.2, 0.25) is 0 Å². The van der Waals surface area contributed by atoms with E-state index in [1.165, 1.54) is 12.5 Å². The van der Waals surface area contributed by atoms with E-state index < -0.39 is 11.5 Å². The standard InChI is InChI=1S/C14H10N4O2/c19-13-10(7-15-8-17-13)14(20)18-11-5-1-3-9-4-2-6-16-12(9)11/h1-8H,(H,18,20)(H,15,17,19). The molecule has 0 saturated heterocycles. The summed E-state index contributed by atoms with van der Waals surface area (Å²) in [5, 5.41) is 3.59. The van der Waals surface area contributed by atoms with E-state index in [1.807, 2.05) is 24.3 Å². The van der Waals surface area contributed by atoms with E-state index >= 15 is 0 Å². The first-order valence-electron chi connectivity index (χ1n) is 5.93. The zero-order valence-electron chi connectivity index (χ0n) is 10.3. The molecule has 0 spiro atoms. The first-order valence-corrected chi connectivity index (χ1v) is 5.93. The second-order valence-electron chi connectivity index (χ2n) is 4.13. The number of aromatic nitrogens is 3. The Bertz CT molecular complexity index is 836. The molecule has 0 bridgehead atoms. The van der Waals surface area contributed by atoms with Crippen molar-refractivity contribution in [2.24, 2.45) is 0 Å². The van der Waals surface area contributed by atoms with Crippen molar-refractivity contribution in [2.75, 3.05) is 5.32 Å². The van der Waals surface area contributed by atoms with E-state index in [-0.39, 0.29) is 5.56 Å². The zero-order valence-corrected chi connectivity index (χ0v) is 10.3. The Morgan fingerprint density at radius 2 is 2.05 bits per heavy atom. The zero-order chi connectivity index (χ0) is 13.9. The Morgan fingerprint density at radius 3 is 2.90 bits per heavy atom. The van der Waals surface area contributed by atoms with Gasteiger partial charge in [0.1, 0.15) is 5.56 Å². The van der Waals surface area contributed by atoms with E-state index in [2.05, 4.69) is 20.3 Å². The Morgan fingerprint density at radius 1 is 1.20 bits per heavy atom. The summed E-state index contributed by atoms with van der Waals surface area (Å²) >= 11 is 0. The monoisotopic (exact) mass is 266 g/mol. The van der Waals surface area contributed by atoms with E-state index in [0.717, 1.165) is 5.39 Å². The molecule has 98 valence electrons. The maximum Gasteiger partial charge on any atom is 0.263 e. The summed E-state index contributed by atoms with van der Waals surface area (Å²) in [7, 11) is 0. The molecule has 0 aliphatic carbocycles. The Balaban J connectivity index is 2.00. The van der Waals surface area contributed by atoms with Crippen molar-refractivity contribution in [2.45, 2.75) is 0 Å². The van der Waals surface area contributed by atoms with Gasteiger partial charge in [-0.25, -0.2) is 4.98 Å². The molecule has 0 aliphatic rings. The van der Waals surface area contributed by atoms with Gasteiger partial charge in [0.15, 0.2) is 0 Å². The number of aromatic amines is 1. The highest BCUT2D eigenvalue weighted by atomic mass is 16.2. The van der Waals surface area contributed by atoms with Crippen molar-refractivity contribution in [3.05, 3.63) is 65.0 Å². The number of benzene rings is 1. The maximum absolute atomic E-state index is 12.1. The highest BCUT2D eigenvalue weighted by Crippen LogP contribution is 2.20. The van der Waals surface area contributed by atoms with Crippen LogP contribution in [-0.2, 0) is 0 Å². The number of para-hydroxylation sites is 1. The third kappa shape index (κ3) is 2.14. The highest BCUT2D eigenvalue weighted by Gasteiger charge is 2.12. The van der Waals surface area contributed by atoms with E-state index in [9.17, 15) is 9.59 Å². The number of nitrogens with one attached hydrogen (secondary N) is 2. The summed E-state index contributed by atoms with van der Waals surface area (Å²) in [5.41, 5.74) is 0.700. The average Bonchev–Trinajstić information content (AvgIpc) is 2.48. The van der Waals surface area contributed by atoms with E-state index in [1.54, 1.807) is 12.3 Å². The van der Waals surface area contributed by atoms with Crippen LogP contribution < -0.4 is 10.9 Å². The molecule has 3 rings (SSSR count). The summed E-state index contributed by atoms with van der Waals surface area (Å²) in [4.78, 5) is 34.0. The van der Waals surface area contributed by atoms with Crippen LogP contribution in [0.5, 0.6) is 0 Å². The number of hydrogen-bond donors (Lipinski definition) is 2. The van der Waals surface area contributed by atoms with Crippen LogP contribution in [0.15, 0.2) is 53.8 Å². The minimum absolute atomic E-state index is 0.0413. The van der Waals surface area contributed by atoms with Crippen molar-refractivity contribution in [1.82, 2.24) is 15.0 Å². The molecule has 2 heterocycles. The first kappa shape index (κ1) is 12.0. The number of carbonyl (C=O) groups excluding carboxylic acids is 1. The van der Waals surface area contributed by atoms with Crippen molar-refractivity contribution < 1.29 is 4.79 Å². The normalized spacial score (nSPS) is 10.4. The Kier molecular flexibility index (Phi) is 2.96. The van der Waals surface area contributed by atoms with Gasteiger partial charge in [0.25, 0.3) is 11.5 Å². The lowest BCUT2D eigenvalue weighted by Crippen LogP contribution is -2.23. The lowest BCUT2D eigenvalue weighted by atomic mass is 10.2. The number of hydrogen-bond acceptors (Lipinski definition) is 4. The number of carbonyl (C=O) groups is 1. The number of rotatable bonds is 2. The van der Waals surface area contributed by atoms with Gasteiger partial charge in [-0.05, 0) is 12.1 Å². The van der Waals surface area contributed by atoms with Gasteiger partial charge in [-0.15, -0.1) is 0 Å². The minimum Gasteiger partial charge on any atom is -0.320 e. The van der Waals surface area contributed by atoms with Crippen molar-refractivity contribution in [3.63, 3.8) is 0 Å². The smallest absolute Gasteiger partial charge is 0.263 e. The Hall–Kier alpha value is -3.02. The van der Waals surface area contributed by atoms with E-state index in [4.69, 9.17) is 0 Å².